The summed E-state index contributed by atoms with van der Waals surface area (Å²) < 4.78 is 0. The molecule has 0 rings (SSSR count). The van der Waals surface area contributed by atoms with Gasteiger partial charge in [0.2, 0.25) is 0 Å². The summed E-state index contributed by atoms with van der Waals surface area (Å²) in [7, 11) is 0. The van der Waals surface area contributed by atoms with E-state index >= 15 is 0 Å². The first kappa shape index (κ1) is 31.1. The van der Waals surface area contributed by atoms with Crippen molar-refractivity contribution in [3.63, 3.8) is 0 Å². The minimum Gasteiger partial charge on any atom is -0.314 e. The molecule has 0 aliphatic heterocycles. The van der Waals surface area contributed by atoms with Gasteiger partial charge in [-0.1, -0.05) is 59.3 Å². The van der Waals surface area contributed by atoms with Crippen molar-refractivity contribution in [1.29, 1.82) is 0 Å². The molecule has 0 aromatic heterocycles. The Morgan fingerprint density at radius 2 is 1.41 bits per heavy atom. The van der Waals surface area contributed by atoms with Crippen LogP contribution in [0.15, 0.2) is 0 Å². The van der Waals surface area contributed by atoms with Gasteiger partial charge < -0.3 is 5.92 Å². The molecule has 0 aromatic rings. The predicted molar refractivity (Wildman–Crippen MR) is 83.4 cm³/mol. The summed E-state index contributed by atoms with van der Waals surface area (Å²) >= 11 is 0. The molecule has 4 heteroatoms. The number of hydrogen-bond donors (Lipinski definition) is 0. The van der Waals surface area contributed by atoms with E-state index in [-0.39, 0.29) is 58.9 Å². The number of unbranched alkanes of at least 4 members (excludes halogenated alkanes) is 2. The first-order chi connectivity index (χ1) is 5.92. The summed E-state index contributed by atoms with van der Waals surface area (Å²) in [5.41, 5.74) is 0.424. The monoisotopic (exact) mass is 339 g/mol. The molecule has 0 heterocycles. The van der Waals surface area contributed by atoms with E-state index in [4.69, 9.17) is 0 Å². The SMILES string of the molecule is CCCCCC(C)C(C)(C)[C-](C)C.Cl.Cl.Cl.[Ti]. The Balaban J connectivity index is -0.000000120. The molecule has 17 heavy (non-hydrogen) atoms. The molecule has 0 aliphatic carbocycles. The number of rotatable bonds is 6. The molecule has 0 aliphatic rings. The zero-order valence-electron chi connectivity index (χ0n) is 12.1. The Bertz CT molecular complexity index is 139. The molecule has 0 spiro atoms. The van der Waals surface area contributed by atoms with E-state index in [0.717, 1.165) is 5.92 Å². The molecule has 0 fully saturated rings. The molecule has 0 radical (unpaired) electrons. The predicted octanol–water partition coefficient (Wildman–Crippen LogP) is 6.11. The molecule has 0 nitrogen and oxygen atoms in total. The molecule has 108 valence electrons. The van der Waals surface area contributed by atoms with Gasteiger partial charge in [-0.2, -0.15) is 19.3 Å². The molecule has 0 saturated carbocycles. The zero-order chi connectivity index (χ0) is 10.5. The summed E-state index contributed by atoms with van der Waals surface area (Å²) in [6.45, 7) is 13.9. The van der Waals surface area contributed by atoms with Crippen LogP contribution in [0.1, 0.15) is 67.2 Å². The van der Waals surface area contributed by atoms with Gasteiger partial charge in [0.05, 0.1) is 0 Å². The van der Waals surface area contributed by atoms with Crippen molar-refractivity contribution in [1.82, 2.24) is 0 Å². The normalized spacial score (nSPS) is 11.5. The Kier molecular flexibility index (Phi) is 28.7. The van der Waals surface area contributed by atoms with E-state index in [1.54, 1.807) is 5.92 Å². The number of halogens is 3. The number of hydrogen-bond acceptors (Lipinski definition) is 0. The largest absolute Gasteiger partial charge is 0.314 e. The standard InChI is InChI=1S/C13H27.3ClH.Ti/c1-7-8-9-10-12(4)13(5,6)11(2)3;;;;/h12H,7-10H2,1-6H3;3*1H;/q-1;;;;. The zero-order valence-corrected chi connectivity index (χ0v) is 16.1. The van der Waals surface area contributed by atoms with E-state index in [1.807, 2.05) is 0 Å². The van der Waals surface area contributed by atoms with E-state index in [0.29, 0.717) is 5.41 Å². The van der Waals surface area contributed by atoms with Gasteiger partial charge in [-0.05, 0) is 0 Å². The van der Waals surface area contributed by atoms with Crippen LogP contribution in [0.3, 0.4) is 0 Å². The summed E-state index contributed by atoms with van der Waals surface area (Å²) in [5.74, 6) is 2.39. The van der Waals surface area contributed by atoms with Crippen LogP contribution in [0.4, 0.5) is 0 Å². The van der Waals surface area contributed by atoms with Crippen molar-refractivity contribution in [2.24, 2.45) is 11.3 Å². The van der Waals surface area contributed by atoms with Gasteiger partial charge in [0.15, 0.2) is 0 Å². The fourth-order valence-electron chi connectivity index (χ4n) is 1.55. The van der Waals surface area contributed by atoms with Crippen molar-refractivity contribution in [3.8, 4) is 0 Å². The van der Waals surface area contributed by atoms with Crippen LogP contribution in [0.5, 0.6) is 0 Å². The Labute approximate surface area is 143 Å². The fourth-order valence-corrected chi connectivity index (χ4v) is 1.55. The maximum Gasteiger partial charge on any atom is 0 e. The maximum atomic E-state index is 2.39. The van der Waals surface area contributed by atoms with E-state index < -0.39 is 0 Å². The van der Waals surface area contributed by atoms with Crippen LogP contribution in [0.2, 0.25) is 0 Å². The van der Waals surface area contributed by atoms with Gasteiger partial charge in [-0.25, -0.2) is 0 Å². The summed E-state index contributed by atoms with van der Waals surface area (Å²) in [6, 6.07) is 0. The van der Waals surface area contributed by atoms with Gasteiger partial charge in [-0.3, -0.25) is 0 Å². The third-order valence-electron chi connectivity index (χ3n) is 3.76. The van der Waals surface area contributed by atoms with Gasteiger partial charge >= 0.3 is 0 Å². The second-order valence-corrected chi connectivity index (χ2v) is 5.12. The van der Waals surface area contributed by atoms with Crippen LogP contribution in [-0.4, -0.2) is 0 Å². The summed E-state index contributed by atoms with van der Waals surface area (Å²) in [6.07, 6.45) is 5.51. The molecule has 1 atom stereocenters. The van der Waals surface area contributed by atoms with Crippen LogP contribution in [-0.2, 0) is 21.7 Å². The van der Waals surface area contributed by atoms with E-state index in [2.05, 4.69) is 41.5 Å². The van der Waals surface area contributed by atoms with Crippen LogP contribution < -0.4 is 0 Å². The Morgan fingerprint density at radius 3 is 1.71 bits per heavy atom. The van der Waals surface area contributed by atoms with Gasteiger partial charge in [0, 0.05) is 21.7 Å². The minimum absolute atomic E-state index is 0. The average Bonchev–Trinajstić information content (AvgIpc) is 2.04. The van der Waals surface area contributed by atoms with Gasteiger partial charge in [0.1, 0.15) is 0 Å². The molecule has 0 amide bonds. The first-order valence-electron chi connectivity index (χ1n) is 5.73. The molecule has 0 N–H and O–H groups in total. The van der Waals surface area contributed by atoms with Crippen LogP contribution >= 0.6 is 37.2 Å². The second-order valence-electron chi connectivity index (χ2n) is 5.12. The topological polar surface area (TPSA) is 0 Å². The van der Waals surface area contributed by atoms with Crippen LogP contribution in [0.25, 0.3) is 0 Å². The van der Waals surface area contributed by atoms with Crippen molar-refractivity contribution >= 4 is 37.2 Å². The smallest absolute Gasteiger partial charge is 0 e. The molecular formula is C13H30Cl3Ti-. The molecular weight excluding hydrogens is 310 g/mol. The van der Waals surface area contributed by atoms with Crippen LogP contribution in [0, 0.1) is 17.3 Å². The summed E-state index contributed by atoms with van der Waals surface area (Å²) in [5, 5.41) is 0. The molecule has 1 unspecified atom stereocenters. The maximum absolute atomic E-state index is 2.39. The minimum atomic E-state index is 0. The van der Waals surface area contributed by atoms with E-state index in [1.165, 1.54) is 25.7 Å². The molecule has 0 saturated heterocycles. The average molecular weight is 341 g/mol. The van der Waals surface area contributed by atoms with Crippen molar-refractivity contribution in [2.45, 2.75) is 67.2 Å². The van der Waals surface area contributed by atoms with Crippen molar-refractivity contribution in [3.05, 3.63) is 5.92 Å². The molecule has 0 bridgehead atoms. The van der Waals surface area contributed by atoms with Gasteiger partial charge in [0.25, 0.3) is 0 Å². The fraction of sp³-hybridized carbons (Fsp3) is 0.923. The summed E-state index contributed by atoms with van der Waals surface area (Å²) in [4.78, 5) is 0. The second kappa shape index (κ2) is 15.6. The van der Waals surface area contributed by atoms with Gasteiger partial charge in [-0.15, -0.1) is 37.2 Å². The Morgan fingerprint density at radius 1 is 1.00 bits per heavy atom. The quantitative estimate of drug-likeness (QED) is 0.311. The first-order valence-corrected chi connectivity index (χ1v) is 5.73. The third-order valence-corrected chi connectivity index (χ3v) is 3.76. The van der Waals surface area contributed by atoms with Crippen molar-refractivity contribution < 1.29 is 21.7 Å². The Hall–Kier alpha value is 1.58. The van der Waals surface area contributed by atoms with Crippen molar-refractivity contribution in [2.75, 3.05) is 0 Å². The molecule has 0 aromatic carbocycles. The third kappa shape index (κ3) is 12.4. The van der Waals surface area contributed by atoms with E-state index in [9.17, 15) is 0 Å².